The number of thioether (sulfide) groups is 1. The monoisotopic (exact) mass is 425 g/mol. The standard InChI is InChI=1S/C18H19NO5S3/c1-24-16(20)8-10-25-15-11-14(12-5-2-3-6-13(12)18(15)21)19-27(22,23)17-7-4-9-26-17/h2-7,9,11,19,21-23H,8,10H2,1H3. The van der Waals surface area contributed by atoms with Crippen LogP contribution in [-0.2, 0) is 9.53 Å². The zero-order valence-electron chi connectivity index (χ0n) is 14.4. The lowest BCUT2D eigenvalue weighted by atomic mass is 10.1. The lowest BCUT2D eigenvalue weighted by Gasteiger charge is -2.33. The third kappa shape index (κ3) is 4.50. The molecule has 0 fully saturated rings. The summed E-state index contributed by atoms with van der Waals surface area (Å²) in [5.74, 6) is 0.200. The van der Waals surface area contributed by atoms with Gasteiger partial charge in [-0.2, -0.15) is 0 Å². The summed E-state index contributed by atoms with van der Waals surface area (Å²) in [5, 5.41) is 13.6. The number of rotatable bonds is 7. The maximum absolute atomic E-state index is 11.3. The number of aromatic hydroxyl groups is 1. The fourth-order valence-corrected chi connectivity index (χ4v) is 5.56. The van der Waals surface area contributed by atoms with Crippen molar-refractivity contribution in [3.05, 3.63) is 47.8 Å². The molecule has 3 aromatic rings. The predicted octanol–water partition coefficient (Wildman–Crippen LogP) is 5.40. The molecule has 0 unspecified atom stereocenters. The van der Waals surface area contributed by atoms with Gasteiger partial charge in [-0.15, -0.1) is 23.1 Å². The number of ether oxygens (including phenoxy) is 1. The van der Waals surface area contributed by atoms with Crippen LogP contribution in [0.2, 0.25) is 0 Å². The summed E-state index contributed by atoms with van der Waals surface area (Å²) in [5.41, 5.74) is 0.498. The third-order valence-corrected chi connectivity index (χ3v) is 7.68. The van der Waals surface area contributed by atoms with E-state index < -0.39 is 10.8 Å². The Morgan fingerprint density at radius 3 is 2.63 bits per heavy atom. The molecule has 0 aliphatic rings. The van der Waals surface area contributed by atoms with Crippen molar-refractivity contribution in [1.82, 2.24) is 0 Å². The maximum atomic E-state index is 11.3. The number of anilines is 1. The van der Waals surface area contributed by atoms with Gasteiger partial charge < -0.3 is 9.84 Å². The quantitative estimate of drug-likeness (QED) is 0.228. The van der Waals surface area contributed by atoms with E-state index in [0.717, 1.165) is 0 Å². The second-order valence-corrected chi connectivity index (χ2v) is 9.66. The van der Waals surface area contributed by atoms with Crippen molar-refractivity contribution in [2.45, 2.75) is 15.5 Å². The Bertz CT molecular complexity index is 944. The van der Waals surface area contributed by atoms with Crippen LogP contribution in [0.5, 0.6) is 5.75 Å². The Morgan fingerprint density at radius 1 is 1.22 bits per heavy atom. The van der Waals surface area contributed by atoms with Crippen LogP contribution in [0.4, 0.5) is 5.69 Å². The second kappa shape index (κ2) is 8.41. The fourth-order valence-electron chi connectivity index (χ4n) is 2.50. The minimum atomic E-state index is -3.23. The average Bonchev–Trinajstić information content (AvgIpc) is 3.20. The molecule has 0 atom stereocenters. The molecule has 1 heterocycles. The molecule has 0 spiro atoms. The largest absolute Gasteiger partial charge is 0.506 e. The van der Waals surface area contributed by atoms with Crippen molar-refractivity contribution in [2.24, 2.45) is 0 Å². The molecule has 0 saturated heterocycles. The van der Waals surface area contributed by atoms with E-state index in [4.69, 9.17) is 0 Å². The first-order valence-corrected chi connectivity index (χ1v) is 11.4. The van der Waals surface area contributed by atoms with Gasteiger partial charge in [-0.05, 0) is 23.6 Å². The van der Waals surface area contributed by atoms with Gasteiger partial charge in [-0.1, -0.05) is 35.0 Å². The molecule has 27 heavy (non-hydrogen) atoms. The fraction of sp³-hybridized carbons (Fsp3) is 0.167. The molecule has 0 saturated carbocycles. The van der Waals surface area contributed by atoms with Gasteiger partial charge in [-0.25, -0.2) is 0 Å². The molecular formula is C18H19NO5S3. The zero-order valence-corrected chi connectivity index (χ0v) is 16.9. The number of benzene rings is 2. The molecule has 0 aliphatic heterocycles. The number of phenolic OH excluding ortho intramolecular Hbond substituents is 1. The van der Waals surface area contributed by atoms with Crippen molar-refractivity contribution in [2.75, 3.05) is 17.6 Å². The number of fused-ring (bicyclic) bond motifs is 1. The van der Waals surface area contributed by atoms with Crippen LogP contribution >= 0.6 is 33.9 Å². The van der Waals surface area contributed by atoms with Crippen molar-refractivity contribution in [1.29, 1.82) is 0 Å². The summed E-state index contributed by atoms with van der Waals surface area (Å²) in [6.45, 7) is 0. The highest BCUT2D eigenvalue weighted by Gasteiger charge is 2.20. The third-order valence-electron chi connectivity index (χ3n) is 3.80. The van der Waals surface area contributed by atoms with E-state index in [1.807, 2.05) is 6.07 Å². The summed E-state index contributed by atoms with van der Waals surface area (Å²) in [7, 11) is -1.89. The molecule has 2 aromatic carbocycles. The summed E-state index contributed by atoms with van der Waals surface area (Å²) >= 11 is 2.55. The first-order chi connectivity index (χ1) is 12.9. The van der Waals surface area contributed by atoms with Crippen LogP contribution in [0.3, 0.4) is 0 Å². The van der Waals surface area contributed by atoms with E-state index in [1.165, 1.54) is 30.2 Å². The molecule has 6 nitrogen and oxygen atoms in total. The number of methoxy groups -OCH3 is 1. The van der Waals surface area contributed by atoms with E-state index in [2.05, 4.69) is 9.46 Å². The van der Waals surface area contributed by atoms with E-state index in [9.17, 15) is 19.0 Å². The molecule has 0 bridgehead atoms. The summed E-state index contributed by atoms with van der Waals surface area (Å²) < 4.78 is 29.0. The summed E-state index contributed by atoms with van der Waals surface area (Å²) in [4.78, 5) is 11.9. The molecule has 3 rings (SSSR count). The number of carbonyl (C=O) groups excluding carboxylic acids is 1. The number of carbonyl (C=O) groups is 1. The van der Waals surface area contributed by atoms with Crippen LogP contribution < -0.4 is 4.72 Å². The van der Waals surface area contributed by atoms with E-state index in [0.29, 0.717) is 31.3 Å². The van der Waals surface area contributed by atoms with Crippen LogP contribution in [-0.4, -0.2) is 33.0 Å². The highest BCUT2D eigenvalue weighted by Crippen LogP contribution is 2.52. The molecule has 9 heteroatoms. The van der Waals surface area contributed by atoms with Crippen molar-refractivity contribution >= 4 is 56.3 Å². The first-order valence-electron chi connectivity index (χ1n) is 7.96. The van der Waals surface area contributed by atoms with Crippen LogP contribution in [0.1, 0.15) is 6.42 Å². The number of phenols is 1. The molecular weight excluding hydrogens is 406 g/mol. The highest BCUT2D eigenvalue weighted by molar-refractivity contribution is 8.26. The Morgan fingerprint density at radius 2 is 1.96 bits per heavy atom. The van der Waals surface area contributed by atoms with Crippen molar-refractivity contribution in [3.63, 3.8) is 0 Å². The SMILES string of the molecule is COC(=O)CCSc1cc(NS(O)(O)c2cccs2)c2ccccc2c1O. The van der Waals surface area contributed by atoms with Gasteiger partial charge in [0.25, 0.3) is 0 Å². The van der Waals surface area contributed by atoms with Gasteiger partial charge >= 0.3 is 5.97 Å². The first kappa shape index (κ1) is 19.8. The summed E-state index contributed by atoms with van der Waals surface area (Å²) in [6.07, 6.45) is 0.209. The number of hydrogen-bond donors (Lipinski definition) is 4. The average molecular weight is 426 g/mol. The molecule has 0 radical (unpaired) electrons. The number of hydrogen-bond acceptors (Lipinski definition) is 8. The normalized spacial score (nSPS) is 12.1. The topological polar surface area (TPSA) is 99.0 Å². The number of esters is 1. The van der Waals surface area contributed by atoms with Crippen molar-refractivity contribution in [3.8, 4) is 5.75 Å². The molecule has 0 aliphatic carbocycles. The minimum Gasteiger partial charge on any atom is -0.506 e. The number of nitrogens with one attached hydrogen (secondary N) is 1. The van der Waals surface area contributed by atoms with Crippen LogP contribution in [0.25, 0.3) is 10.8 Å². The highest BCUT2D eigenvalue weighted by atomic mass is 32.3. The molecule has 0 amide bonds. The van der Waals surface area contributed by atoms with Gasteiger partial charge in [0, 0.05) is 16.5 Å². The molecule has 144 valence electrons. The molecule has 1 aromatic heterocycles. The van der Waals surface area contributed by atoms with Gasteiger partial charge in [0.1, 0.15) is 9.96 Å². The van der Waals surface area contributed by atoms with Gasteiger partial charge in [0.2, 0.25) is 0 Å². The van der Waals surface area contributed by atoms with Crippen LogP contribution in [0.15, 0.2) is 56.9 Å². The van der Waals surface area contributed by atoms with Gasteiger partial charge in [-0.3, -0.25) is 18.6 Å². The van der Waals surface area contributed by atoms with Crippen molar-refractivity contribution < 1.29 is 23.7 Å². The summed E-state index contributed by atoms with van der Waals surface area (Å²) in [6, 6.07) is 12.2. The van der Waals surface area contributed by atoms with Gasteiger partial charge in [0.15, 0.2) is 0 Å². The minimum absolute atomic E-state index is 0.0959. The Balaban J connectivity index is 1.96. The lowest BCUT2D eigenvalue weighted by molar-refractivity contribution is -0.140. The van der Waals surface area contributed by atoms with Gasteiger partial charge in [0.05, 0.1) is 24.1 Å². The Hall–Kier alpha value is -1.91. The second-order valence-electron chi connectivity index (χ2n) is 5.57. The van der Waals surface area contributed by atoms with E-state index in [-0.39, 0.29) is 18.1 Å². The lowest BCUT2D eigenvalue weighted by Crippen LogP contribution is -2.08. The predicted molar refractivity (Wildman–Crippen MR) is 112 cm³/mol. The van der Waals surface area contributed by atoms with E-state index in [1.54, 1.807) is 41.8 Å². The maximum Gasteiger partial charge on any atom is 0.306 e. The zero-order chi connectivity index (χ0) is 19.4. The molecule has 4 N–H and O–H groups in total. The number of thiophene rings is 1. The Labute approximate surface area is 166 Å². The van der Waals surface area contributed by atoms with Crippen LogP contribution in [0, 0.1) is 0 Å². The smallest absolute Gasteiger partial charge is 0.306 e. The van der Waals surface area contributed by atoms with E-state index >= 15 is 0 Å². The Kier molecular flexibility index (Phi) is 6.18.